The number of hydrogen-bond acceptors (Lipinski definition) is 4. The number of hydrogen-bond donors (Lipinski definition) is 3. The van der Waals surface area contributed by atoms with Crippen LogP contribution in [-0.2, 0) is 14.8 Å². The van der Waals surface area contributed by atoms with Gasteiger partial charge in [0.1, 0.15) is 0 Å². The van der Waals surface area contributed by atoms with E-state index in [1.165, 1.54) is 12.1 Å². The molecule has 0 spiro atoms. The van der Waals surface area contributed by atoms with Crippen LogP contribution in [0.25, 0.3) is 0 Å². The Bertz CT molecular complexity index is 514. The maximum atomic E-state index is 11.8. The third-order valence-electron chi connectivity index (χ3n) is 2.12. The number of aliphatic hydroxyl groups excluding tert-OH is 1. The van der Waals surface area contributed by atoms with Gasteiger partial charge >= 0.3 is 5.97 Å². The second kappa shape index (κ2) is 6.45. The molecule has 1 atom stereocenters. The van der Waals surface area contributed by atoms with Gasteiger partial charge in [-0.15, -0.1) is 0 Å². The van der Waals surface area contributed by atoms with Gasteiger partial charge in [-0.3, -0.25) is 0 Å². The largest absolute Gasteiger partial charge is 0.479 e. The Labute approximate surface area is 118 Å². The molecule has 1 aromatic rings. The topological polar surface area (TPSA) is 104 Å². The van der Waals surface area contributed by atoms with Gasteiger partial charge in [0.2, 0.25) is 10.0 Å². The lowest BCUT2D eigenvalue weighted by Gasteiger charge is -2.08. The van der Waals surface area contributed by atoms with Crippen molar-refractivity contribution in [2.24, 2.45) is 0 Å². The molecule has 0 saturated carbocycles. The van der Waals surface area contributed by atoms with E-state index in [0.717, 1.165) is 3.57 Å². The lowest BCUT2D eigenvalue weighted by atomic mass is 10.3. The molecule has 0 bridgehead atoms. The third kappa shape index (κ3) is 4.52. The van der Waals surface area contributed by atoms with Crippen molar-refractivity contribution in [2.75, 3.05) is 6.54 Å². The summed E-state index contributed by atoms with van der Waals surface area (Å²) in [5, 5.41) is 17.4. The van der Waals surface area contributed by atoms with Crippen molar-refractivity contribution in [1.29, 1.82) is 0 Å². The molecule has 0 amide bonds. The molecule has 0 heterocycles. The summed E-state index contributed by atoms with van der Waals surface area (Å²) < 4.78 is 26.6. The van der Waals surface area contributed by atoms with Crippen molar-refractivity contribution in [3.05, 3.63) is 27.8 Å². The smallest absolute Gasteiger partial charge is 0.332 e. The molecular weight excluding hydrogens is 373 g/mol. The summed E-state index contributed by atoms with van der Waals surface area (Å²) in [6, 6.07) is 6.22. The van der Waals surface area contributed by atoms with Gasteiger partial charge in [0, 0.05) is 10.1 Å². The minimum Gasteiger partial charge on any atom is -0.479 e. The molecule has 0 radical (unpaired) electrons. The zero-order chi connectivity index (χ0) is 13.8. The Kier molecular flexibility index (Phi) is 5.50. The van der Waals surface area contributed by atoms with Crippen molar-refractivity contribution in [2.45, 2.75) is 17.4 Å². The van der Waals surface area contributed by atoms with Crippen LogP contribution in [0.15, 0.2) is 29.2 Å². The lowest BCUT2D eigenvalue weighted by molar-refractivity contribution is -0.146. The first-order valence-corrected chi connectivity index (χ1v) is 7.55. The summed E-state index contributed by atoms with van der Waals surface area (Å²) in [5.74, 6) is -1.37. The average Bonchev–Trinajstić information content (AvgIpc) is 2.29. The van der Waals surface area contributed by atoms with E-state index in [9.17, 15) is 13.2 Å². The Morgan fingerprint density at radius 3 is 2.39 bits per heavy atom. The molecule has 0 fully saturated rings. The van der Waals surface area contributed by atoms with Crippen molar-refractivity contribution in [1.82, 2.24) is 4.72 Å². The van der Waals surface area contributed by atoms with E-state index < -0.39 is 22.1 Å². The van der Waals surface area contributed by atoms with Crippen LogP contribution in [-0.4, -0.2) is 37.2 Å². The Morgan fingerprint density at radius 2 is 1.89 bits per heavy atom. The lowest BCUT2D eigenvalue weighted by Crippen LogP contribution is -2.30. The predicted molar refractivity (Wildman–Crippen MR) is 72.6 cm³/mol. The highest BCUT2D eigenvalue weighted by atomic mass is 127. The first-order valence-electron chi connectivity index (χ1n) is 4.99. The summed E-state index contributed by atoms with van der Waals surface area (Å²) >= 11 is 2.06. The minimum absolute atomic E-state index is 0.104. The molecule has 0 aliphatic rings. The quantitative estimate of drug-likeness (QED) is 0.616. The number of aliphatic carboxylic acids is 1. The third-order valence-corrected chi connectivity index (χ3v) is 4.31. The van der Waals surface area contributed by atoms with E-state index in [4.69, 9.17) is 10.2 Å². The molecule has 6 nitrogen and oxygen atoms in total. The number of carbonyl (C=O) groups is 1. The van der Waals surface area contributed by atoms with Gasteiger partial charge in [-0.05, 0) is 53.3 Å². The molecule has 0 unspecified atom stereocenters. The molecule has 0 aliphatic carbocycles. The average molecular weight is 385 g/mol. The summed E-state index contributed by atoms with van der Waals surface area (Å²) in [5.41, 5.74) is 0. The Balaban J connectivity index is 2.60. The summed E-state index contributed by atoms with van der Waals surface area (Å²) in [6.45, 7) is -0.137. The number of rotatable bonds is 6. The van der Waals surface area contributed by atoms with Gasteiger partial charge < -0.3 is 10.2 Å². The van der Waals surface area contributed by atoms with Crippen molar-refractivity contribution in [3.63, 3.8) is 0 Å². The van der Waals surface area contributed by atoms with E-state index in [-0.39, 0.29) is 17.9 Å². The van der Waals surface area contributed by atoms with Crippen molar-refractivity contribution >= 4 is 38.6 Å². The molecule has 100 valence electrons. The highest BCUT2D eigenvalue weighted by molar-refractivity contribution is 14.1. The molecule has 18 heavy (non-hydrogen) atoms. The van der Waals surface area contributed by atoms with Gasteiger partial charge in [-0.2, -0.15) is 0 Å². The molecule has 1 rings (SSSR count). The number of nitrogens with one attached hydrogen (secondary N) is 1. The maximum absolute atomic E-state index is 11.8. The van der Waals surface area contributed by atoms with Crippen LogP contribution in [0.4, 0.5) is 0 Å². The monoisotopic (exact) mass is 385 g/mol. The highest BCUT2D eigenvalue weighted by Gasteiger charge is 2.16. The van der Waals surface area contributed by atoms with E-state index >= 15 is 0 Å². The van der Waals surface area contributed by atoms with Crippen LogP contribution in [0.2, 0.25) is 0 Å². The number of aliphatic hydroxyl groups is 1. The Hall–Kier alpha value is -0.710. The van der Waals surface area contributed by atoms with Crippen molar-refractivity contribution < 1.29 is 23.4 Å². The van der Waals surface area contributed by atoms with E-state index in [0.29, 0.717) is 0 Å². The number of halogens is 1. The van der Waals surface area contributed by atoms with Crippen LogP contribution >= 0.6 is 22.6 Å². The number of sulfonamides is 1. The fourth-order valence-corrected chi connectivity index (χ4v) is 2.56. The fourth-order valence-electron chi connectivity index (χ4n) is 1.15. The summed E-state index contributed by atoms with van der Waals surface area (Å²) in [6.07, 6.45) is -1.75. The molecule has 8 heteroatoms. The van der Waals surface area contributed by atoms with Gasteiger partial charge in [0.25, 0.3) is 0 Å². The van der Waals surface area contributed by atoms with Crippen LogP contribution in [0.5, 0.6) is 0 Å². The second-order valence-corrected chi connectivity index (χ2v) is 6.51. The number of carboxylic acid groups (broad SMARTS) is 1. The molecular formula is C10H12INO5S. The van der Waals surface area contributed by atoms with Gasteiger partial charge in [-0.1, -0.05) is 0 Å². The normalized spacial score (nSPS) is 13.2. The van der Waals surface area contributed by atoms with Crippen LogP contribution in [0.1, 0.15) is 6.42 Å². The molecule has 0 aromatic heterocycles. The Morgan fingerprint density at radius 1 is 1.33 bits per heavy atom. The van der Waals surface area contributed by atoms with Crippen LogP contribution < -0.4 is 4.72 Å². The highest BCUT2D eigenvalue weighted by Crippen LogP contribution is 2.11. The van der Waals surface area contributed by atoms with Gasteiger partial charge in [0.15, 0.2) is 6.10 Å². The van der Waals surface area contributed by atoms with E-state index in [2.05, 4.69) is 27.3 Å². The SMILES string of the molecule is O=C(O)[C@@H](O)CCNS(=O)(=O)c1ccc(I)cc1. The first-order chi connectivity index (χ1) is 8.33. The first kappa shape index (κ1) is 15.3. The fraction of sp³-hybridized carbons (Fsp3) is 0.300. The van der Waals surface area contributed by atoms with Crippen LogP contribution in [0, 0.1) is 3.57 Å². The zero-order valence-electron chi connectivity index (χ0n) is 9.21. The predicted octanol–water partition coefficient (Wildman–Crippen LogP) is 0.405. The van der Waals surface area contributed by atoms with Gasteiger partial charge in [-0.25, -0.2) is 17.9 Å². The number of carboxylic acids is 1. The van der Waals surface area contributed by atoms with E-state index in [1.54, 1.807) is 12.1 Å². The maximum Gasteiger partial charge on any atom is 0.332 e. The summed E-state index contributed by atoms with van der Waals surface area (Å²) in [7, 11) is -3.66. The number of benzene rings is 1. The van der Waals surface area contributed by atoms with Crippen LogP contribution in [0.3, 0.4) is 0 Å². The molecule has 0 aliphatic heterocycles. The zero-order valence-corrected chi connectivity index (χ0v) is 12.2. The van der Waals surface area contributed by atoms with Gasteiger partial charge in [0.05, 0.1) is 4.90 Å². The van der Waals surface area contributed by atoms with E-state index in [1.807, 2.05) is 0 Å². The molecule has 3 N–H and O–H groups in total. The molecule has 1 aromatic carbocycles. The van der Waals surface area contributed by atoms with Crippen molar-refractivity contribution in [3.8, 4) is 0 Å². The molecule has 0 saturated heterocycles. The standard InChI is InChI=1S/C10H12INO5S/c11-7-1-3-8(4-2-7)18(16,17)12-6-5-9(13)10(14)15/h1-4,9,12-13H,5-6H2,(H,14,15)/t9-/m0/s1. The second-order valence-electron chi connectivity index (χ2n) is 3.49. The minimum atomic E-state index is -3.66. The summed E-state index contributed by atoms with van der Waals surface area (Å²) in [4.78, 5) is 10.4.